The van der Waals surface area contributed by atoms with Gasteiger partial charge in [-0.25, -0.2) is 0 Å². The molecule has 0 bridgehead atoms. The lowest BCUT2D eigenvalue weighted by Gasteiger charge is -2.00. The third-order valence-electron chi connectivity index (χ3n) is 1.11. The standard InChI is InChI=1S/C8H18P2/c1-9(2)7-5-6-8-10(3)4/h5-6H,7-8H2,1-4H3/b6-5+. The van der Waals surface area contributed by atoms with Crippen molar-refractivity contribution in [3.05, 3.63) is 12.2 Å². The van der Waals surface area contributed by atoms with E-state index < -0.39 is 0 Å². The molecule has 0 radical (unpaired) electrons. The van der Waals surface area contributed by atoms with E-state index >= 15 is 0 Å². The molecule has 0 heterocycles. The molecule has 0 fully saturated rings. The van der Waals surface area contributed by atoms with Crippen molar-refractivity contribution in [3.8, 4) is 0 Å². The summed E-state index contributed by atoms with van der Waals surface area (Å²) in [4.78, 5) is 0. The molecule has 0 saturated carbocycles. The van der Waals surface area contributed by atoms with E-state index in [4.69, 9.17) is 0 Å². The van der Waals surface area contributed by atoms with Gasteiger partial charge in [0.15, 0.2) is 0 Å². The fraction of sp³-hybridized carbons (Fsp3) is 0.750. The fourth-order valence-electron chi connectivity index (χ4n) is 0.571. The van der Waals surface area contributed by atoms with Gasteiger partial charge in [0.1, 0.15) is 0 Å². The van der Waals surface area contributed by atoms with Crippen LogP contribution >= 0.6 is 15.8 Å². The maximum atomic E-state index is 2.34. The Morgan fingerprint density at radius 3 is 1.30 bits per heavy atom. The highest BCUT2D eigenvalue weighted by atomic mass is 31.1. The zero-order valence-corrected chi connectivity index (χ0v) is 9.25. The van der Waals surface area contributed by atoms with E-state index in [0.29, 0.717) is 0 Å². The molecule has 0 unspecified atom stereocenters. The van der Waals surface area contributed by atoms with Crippen LogP contribution in [0.3, 0.4) is 0 Å². The van der Waals surface area contributed by atoms with E-state index in [1.54, 1.807) is 0 Å². The Balaban J connectivity index is 3.20. The number of allylic oxidation sites excluding steroid dienone is 2. The summed E-state index contributed by atoms with van der Waals surface area (Å²) in [5, 5.41) is 0. The number of hydrogen-bond acceptors (Lipinski definition) is 0. The van der Waals surface area contributed by atoms with Crippen molar-refractivity contribution in [1.82, 2.24) is 0 Å². The van der Waals surface area contributed by atoms with Crippen LogP contribution in [0.2, 0.25) is 0 Å². The molecule has 0 aliphatic rings. The maximum absolute atomic E-state index is 2.34. The van der Waals surface area contributed by atoms with Gasteiger partial charge in [0.2, 0.25) is 0 Å². The predicted molar refractivity (Wildman–Crippen MR) is 56.4 cm³/mol. The lowest BCUT2D eigenvalue weighted by molar-refractivity contribution is 1.62. The summed E-state index contributed by atoms with van der Waals surface area (Å²) in [5.41, 5.74) is 0. The molecule has 0 atom stereocenters. The van der Waals surface area contributed by atoms with E-state index in [9.17, 15) is 0 Å². The Hall–Kier alpha value is 0.600. The van der Waals surface area contributed by atoms with Gasteiger partial charge in [-0.2, -0.15) is 0 Å². The van der Waals surface area contributed by atoms with Gasteiger partial charge in [-0.1, -0.05) is 12.2 Å². The van der Waals surface area contributed by atoms with Gasteiger partial charge < -0.3 is 0 Å². The second-order valence-electron chi connectivity index (χ2n) is 3.00. The normalized spacial score (nSPS) is 12.2. The molecule has 0 aliphatic heterocycles. The van der Waals surface area contributed by atoms with Gasteiger partial charge >= 0.3 is 0 Å². The average Bonchev–Trinajstić information content (AvgIpc) is 1.79. The van der Waals surface area contributed by atoms with Gasteiger partial charge in [-0.05, 0) is 39.0 Å². The van der Waals surface area contributed by atoms with Crippen molar-refractivity contribution in [1.29, 1.82) is 0 Å². The Morgan fingerprint density at radius 1 is 0.800 bits per heavy atom. The van der Waals surface area contributed by atoms with E-state index in [2.05, 4.69) is 38.8 Å². The third-order valence-corrected chi connectivity index (χ3v) is 2.99. The topological polar surface area (TPSA) is 0 Å². The SMILES string of the molecule is CP(C)C/C=C/CP(C)C. The molecule has 0 aromatic heterocycles. The van der Waals surface area contributed by atoms with E-state index in [1.165, 1.54) is 12.3 Å². The summed E-state index contributed by atoms with van der Waals surface area (Å²) in [6, 6.07) is 0. The predicted octanol–water partition coefficient (Wildman–Crippen LogP) is 3.03. The maximum Gasteiger partial charge on any atom is -0.0150 e. The van der Waals surface area contributed by atoms with Crippen molar-refractivity contribution < 1.29 is 0 Å². The van der Waals surface area contributed by atoms with E-state index in [0.717, 1.165) is 0 Å². The minimum atomic E-state index is 0.289. The Morgan fingerprint density at radius 2 is 1.10 bits per heavy atom. The first kappa shape index (κ1) is 10.6. The van der Waals surface area contributed by atoms with Gasteiger partial charge in [0, 0.05) is 0 Å². The monoisotopic (exact) mass is 176 g/mol. The quantitative estimate of drug-likeness (QED) is 0.456. The third kappa shape index (κ3) is 8.60. The van der Waals surface area contributed by atoms with Crippen molar-refractivity contribution in [2.75, 3.05) is 39.0 Å². The summed E-state index contributed by atoms with van der Waals surface area (Å²) in [6.07, 6.45) is 7.29. The second kappa shape index (κ2) is 6.32. The summed E-state index contributed by atoms with van der Waals surface area (Å²) >= 11 is 0. The van der Waals surface area contributed by atoms with E-state index in [-0.39, 0.29) is 15.8 Å². The zero-order valence-electron chi connectivity index (χ0n) is 7.46. The Labute approximate surface area is 67.6 Å². The van der Waals surface area contributed by atoms with Crippen LogP contribution < -0.4 is 0 Å². The molecule has 2 heteroatoms. The van der Waals surface area contributed by atoms with Crippen molar-refractivity contribution in [2.24, 2.45) is 0 Å². The number of hydrogen-bond donors (Lipinski definition) is 0. The first-order chi connectivity index (χ1) is 4.63. The fourth-order valence-corrected chi connectivity index (χ4v) is 1.71. The van der Waals surface area contributed by atoms with Crippen molar-refractivity contribution in [2.45, 2.75) is 0 Å². The highest BCUT2D eigenvalue weighted by Gasteiger charge is 1.87. The second-order valence-corrected chi connectivity index (χ2v) is 8.04. The van der Waals surface area contributed by atoms with Gasteiger partial charge in [0.05, 0.1) is 0 Å². The lowest BCUT2D eigenvalue weighted by atomic mass is 10.6. The summed E-state index contributed by atoms with van der Waals surface area (Å²) in [7, 11) is 0.578. The van der Waals surface area contributed by atoms with Crippen LogP contribution in [0, 0.1) is 0 Å². The van der Waals surface area contributed by atoms with Gasteiger partial charge in [-0.15, -0.1) is 15.8 Å². The minimum absolute atomic E-state index is 0.289. The van der Waals surface area contributed by atoms with Crippen LogP contribution in [0.1, 0.15) is 0 Å². The van der Waals surface area contributed by atoms with Gasteiger partial charge in [0.25, 0.3) is 0 Å². The Kier molecular flexibility index (Phi) is 6.70. The molecular weight excluding hydrogens is 158 g/mol. The number of rotatable bonds is 4. The molecule has 0 aliphatic carbocycles. The summed E-state index contributed by atoms with van der Waals surface area (Å²) < 4.78 is 0. The molecule has 10 heavy (non-hydrogen) atoms. The van der Waals surface area contributed by atoms with Crippen LogP contribution in [-0.2, 0) is 0 Å². The minimum Gasteiger partial charge on any atom is -0.109 e. The Bertz CT molecular complexity index is 83.4. The molecule has 0 amide bonds. The zero-order chi connectivity index (χ0) is 7.98. The highest BCUT2D eigenvalue weighted by molar-refractivity contribution is 7.56. The molecule has 0 saturated heterocycles. The smallest absolute Gasteiger partial charge is 0.0150 e. The summed E-state index contributed by atoms with van der Waals surface area (Å²) in [6.45, 7) is 9.28. The van der Waals surface area contributed by atoms with Crippen LogP contribution in [0.4, 0.5) is 0 Å². The molecule has 60 valence electrons. The lowest BCUT2D eigenvalue weighted by Crippen LogP contribution is -1.77. The highest BCUT2D eigenvalue weighted by Crippen LogP contribution is 2.26. The first-order valence-electron chi connectivity index (χ1n) is 3.57. The van der Waals surface area contributed by atoms with E-state index in [1.807, 2.05) is 0 Å². The van der Waals surface area contributed by atoms with Crippen LogP contribution in [-0.4, -0.2) is 39.0 Å². The molecule has 0 nitrogen and oxygen atoms in total. The largest absolute Gasteiger partial charge is 0.109 e. The summed E-state index contributed by atoms with van der Waals surface area (Å²) in [5.74, 6) is 0. The molecular formula is C8H18P2. The van der Waals surface area contributed by atoms with Crippen molar-refractivity contribution in [3.63, 3.8) is 0 Å². The molecule has 0 spiro atoms. The average molecular weight is 176 g/mol. The van der Waals surface area contributed by atoms with Crippen LogP contribution in [0.25, 0.3) is 0 Å². The van der Waals surface area contributed by atoms with Crippen LogP contribution in [0.15, 0.2) is 12.2 Å². The molecule has 0 N–H and O–H groups in total. The molecule has 0 rings (SSSR count). The van der Waals surface area contributed by atoms with Gasteiger partial charge in [-0.3, -0.25) is 0 Å². The first-order valence-corrected chi connectivity index (χ1v) is 8.41. The molecule has 0 aromatic carbocycles. The van der Waals surface area contributed by atoms with Crippen molar-refractivity contribution >= 4 is 15.8 Å². The van der Waals surface area contributed by atoms with Crippen LogP contribution in [0.5, 0.6) is 0 Å². The molecule has 0 aromatic rings.